The van der Waals surface area contributed by atoms with Crippen LogP contribution in [0.4, 0.5) is 0 Å². The Balaban J connectivity index is 0.000000606. The molecule has 1 aliphatic carbocycles. The van der Waals surface area contributed by atoms with Gasteiger partial charge in [-0.1, -0.05) is 38.1 Å². The van der Waals surface area contributed by atoms with Gasteiger partial charge < -0.3 is 4.74 Å². The van der Waals surface area contributed by atoms with Crippen LogP contribution in [0.5, 0.6) is 5.75 Å². The Bertz CT molecular complexity index is 339. The van der Waals surface area contributed by atoms with E-state index in [1.165, 1.54) is 36.8 Å². The molecule has 0 N–H and O–H groups in total. The summed E-state index contributed by atoms with van der Waals surface area (Å²) in [5.74, 6) is 1.00. The van der Waals surface area contributed by atoms with Crippen LogP contribution >= 0.6 is 0 Å². The van der Waals surface area contributed by atoms with Crippen molar-refractivity contribution in [3.63, 3.8) is 0 Å². The fraction of sp³-hybridized carbons (Fsp3) is 0.467. The van der Waals surface area contributed by atoms with Crippen LogP contribution in [0.1, 0.15) is 45.1 Å². The van der Waals surface area contributed by atoms with Gasteiger partial charge in [-0.3, -0.25) is 0 Å². The van der Waals surface area contributed by atoms with Crippen molar-refractivity contribution in [3.8, 4) is 5.75 Å². The molecule has 1 heteroatoms. The SMILES string of the molecule is CC.COc1ccccc1C1=CCCCC1. The number of ether oxygens (including phenoxy) is 1. The van der Waals surface area contributed by atoms with Gasteiger partial charge in [0.25, 0.3) is 0 Å². The molecule has 16 heavy (non-hydrogen) atoms. The molecule has 0 heterocycles. The third-order valence-corrected chi connectivity index (χ3v) is 2.74. The number of allylic oxidation sites excluding steroid dienone is 2. The highest BCUT2D eigenvalue weighted by molar-refractivity contribution is 5.70. The first kappa shape index (κ1) is 12.8. The van der Waals surface area contributed by atoms with Crippen LogP contribution in [0.3, 0.4) is 0 Å². The van der Waals surface area contributed by atoms with Crippen LogP contribution in [-0.2, 0) is 0 Å². The molecule has 0 unspecified atom stereocenters. The molecule has 1 aromatic carbocycles. The van der Waals surface area contributed by atoms with Crippen LogP contribution in [0, 0.1) is 0 Å². The second-order valence-corrected chi connectivity index (χ2v) is 3.68. The lowest BCUT2D eigenvalue weighted by Gasteiger charge is -2.15. The summed E-state index contributed by atoms with van der Waals surface area (Å²) in [7, 11) is 1.74. The van der Waals surface area contributed by atoms with Crippen molar-refractivity contribution >= 4 is 5.57 Å². The number of para-hydroxylation sites is 1. The quantitative estimate of drug-likeness (QED) is 0.700. The highest BCUT2D eigenvalue weighted by Crippen LogP contribution is 2.32. The summed E-state index contributed by atoms with van der Waals surface area (Å²) < 4.78 is 5.36. The fourth-order valence-electron chi connectivity index (χ4n) is 1.99. The van der Waals surface area contributed by atoms with Gasteiger partial charge in [0.1, 0.15) is 5.75 Å². The molecule has 0 fully saturated rings. The summed E-state index contributed by atoms with van der Waals surface area (Å²) in [6.07, 6.45) is 7.40. The zero-order valence-corrected chi connectivity index (χ0v) is 10.6. The lowest BCUT2D eigenvalue weighted by molar-refractivity contribution is 0.413. The number of benzene rings is 1. The van der Waals surface area contributed by atoms with Crippen molar-refractivity contribution in [3.05, 3.63) is 35.9 Å². The van der Waals surface area contributed by atoms with Crippen molar-refractivity contribution in [2.45, 2.75) is 39.5 Å². The van der Waals surface area contributed by atoms with Gasteiger partial charge in [0, 0.05) is 5.56 Å². The second-order valence-electron chi connectivity index (χ2n) is 3.68. The maximum absolute atomic E-state index is 5.36. The Hall–Kier alpha value is -1.24. The Morgan fingerprint density at radius 3 is 2.44 bits per heavy atom. The standard InChI is InChI=1S/C13H16O.C2H6/c1-14-13-10-6-5-9-12(13)11-7-3-2-4-8-11;1-2/h5-7,9-10H,2-4,8H2,1H3;1-2H3. The van der Waals surface area contributed by atoms with Crippen LogP contribution < -0.4 is 4.74 Å². The van der Waals surface area contributed by atoms with E-state index in [0.717, 1.165) is 5.75 Å². The first-order valence-corrected chi connectivity index (χ1v) is 6.24. The molecular weight excluding hydrogens is 196 g/mol. The summed E-state index contributed by atoms with van der Waals surface area (Å²) >= 11 is 0. The van der Waals surface area contributed by atoms with Gasteiger partial charge in [-0.2, -0.15) is 0 Å². The highest BCUT2D eigenvalue weighted by atomic mass is 16.5. The molecule has 0 amide bonds. The number of rotatable bonds is 2. The predicted molar refractivity (Wildman–Crippen MR) is 70.8 cm³/mol. The van der Waals surface area contributed by atoms with E-state index in [1.54, 1.807) is 7.11 Å². The van der Waals surface area contributed by atoms with Gasteiger partial charge in [-0.25, -0.2) is 0 Å². The number of methoxy groups -OCH3 is 1. The maximum Gasteiger partial charge on any atom is 0.126 e. The smallest absolute Gasteiger partial charge is 0.126 e. The second kappa shape index (κ2) is 7.10. The lowest BCUT2D eigenvalue weighted by Crippen LogP contribution is -1.95. The van der Waals surface area contributed by atoms with Crippen LogP contribution in [0.2, 0.25) is 0 Å². The average molecular weight is 218 g/mol. The maximum atomic E-state index is 5.36. The molecule has 0 spiro atoms. The molecular formula is C15H22O. The monoisotopic (exact) mass is 218 g/mol. The van der Waals surface area contributed by atoms with Crippen LogP contribution in [0.15, 0.2) is 30.3 Å². The molecule has 1 aromatic rings. The molecule has 0 atom stereocenters. The molecule has 0 bridgehead atoms. The van der Waals surface area contributed by atoms with Crippen molar-refractivity contribution < 1.29 is 4.74 Å². The highest BCUT2D eigenvalue weighted by Gasteiger charge is 2.09. The zero-order valence-electron chi connectivity index (χ0n) is 10.6. The van der Waals surface area contributed by atoms with Gasteiger partial charge in [0.05, 0.1) is 7.11 Å². The van der Waals surface area contributed by atoms with E-state index in [1.807, 2.05) is 26.0 Å². The minimum atomic E-state index is 1.00. The van der Waals surface area contributed by atoms with Crippen LogP contribution in [-0.4, -0.2) is 7.11 Å². The topological polar surface area (TPSA) is 9.23 Å². The van der Waals surface area contributed by atoms with Crippen molar-refractivity contribution in [1.29, 1.82) is 0 Å². The first-order chi connectivity index (χ1) is 7.92. The summed E-state index contributed by atoms with van der Waals surface area (Å²) in [4.78, 5) is 0. The van der Waals surface area contributed by atoms with E-state index in [9.17, 15) is 0 Å². The van der Waals surface area contributed by atoms with E-state index in [0.29, 0.717) is 0 Å². The fourth-order valence-corrected chi connectivity index (χ4v) is 1.99. The van der Waals surface area contributed by atoms with E-state index in [-0.39, 0.29) is 0 Å². The average Bonchev–Trinajstić information content (AvgIpc) is 2.42. The lowest BCUT2D eigenvalue weighted by atomic mass is 9.93. The largest absolute Gasteiger partial charge is 0.496 e. The van der Waals surface area contributed by atoms with Gasteiger partial charge in [-0.15, -0.1) is 0 Å². The van der Waals surface area contributed by atoms with Gasteiger partial charge in [0.2, 0.25) is 0 Å². The zero-order chi connectivity index (χ0) is 11.8. The van der Waals surface area contributed by atoms with Crippen LogP contribution in [0.25, 0.3) is 5.57 Å². The third-order valence-electron chi connectivity index (χ3n) is 2.74. The molecule has 0 saturated carbocycles. The van der Waals surface area contributed by atoms with Crippen molar-refractivity contribution in [2.24, 2.45) is 0 Å². The van der Waals surface area contributed by atoms with E-state index in [2.05, 4.69) is 18.2 Å². The Morgan fingerprint density at radius 2 is 1.81 bits per heavy atom. The van der Waals surface area contributed by atoms with Crippen molar-refractivity contribution in [1.82, 2.24) is 0 Å². The van der Waals surface area contributed by atoms with Crippen molar-refractivity contribution in [2.75, 3.05) is 7.11 Å². The normalized spacial score (nSPS) is 14.6. The molecule has 0 radical (unpaired) electrons. The van der Waals surface area contributed by atoms with E-state index >= 15 is 0 Å². The minimum Gasteiger partial charge on any atom is -0.496 e. The first-order valence-electron chi connectivity index (χ1n) is 6.24. The molecule has 2 rings (SSSR count). The Kier molecular flexibility index (Phi) is 5.69. The predicted octanol–water partition coefficient (Wildman–Crippen LogP) is 4.68. The molecule has 0 aromatic heterocycles. The molecule has 1 nitrogen and oxygen atoms in total. The summed E-state index contributed by atoms with van der Waals surface area (Å²) in [5.41, 5.74) is 2.73. The summed E-state index contributed by atoms with van der Waals surface area (Å²) in [6, 6.07) is 8.28. The third kappa shape index (κ3) is 3.13. The van der Waals surface area contributed by atoms with E-state index < -0.39 is 0 Å². The summed E-state index contributed by atoms with van der Waals surface area (Å²) in [6.45, 7) is 4.00. The molecule has 0 saturated heterocycles. The molecule has 0 aliphatic heterocycles. The number of hydrogen-bond donors (Lipinski definition) is 0. The number of hydrogen-bond acceptors (Lipinski definition) is 1. The van der Waals surface area contributed by atoms with Gasteiger partial charge in [0.15, 0.2) is 0 Å². The molecule has 1 aliphatic rings. The molecule has 88 valence electrons. The minimum absolute atomic E-state index is 1.00. The van der Waals surface area contributed by atoms with E-state index in [4.69, 9.17) is 4.74 Å². The summed E-state index contributed by atoms with van der Waals surface area (Å²) in [5, 5.41) is 0. The Morgan fingerprint density at radius 1 is 1.06 bits per heavy atom. The van der Waals surface area contributed by atoms with Gasteiger partial charge >= 0.3 is 0 Å². The van der Waals surface area contributed by atoms with Gasteiger partial charge in [-0.05, 0) is 37.3 Å². The Labute approximate surface area is 99.1 Å².